The van der Waals surface area contributed by atoms with Gasteiger partial charge in [0.15, 0.2) is 10.6 Å². The number of benzene rings is 3. The van der Waals surface area contributed by atoms with Gasteiger partial charge in [-0.15, -0.1) is 11.8 Å². The molecule has 0 radical (unpaired) electrons. The van der Waals surface area contributed by atoms with Crippen LogP contribution in [0.1, 0.15) is 29.5 Å². The first-order valence-corrected chi connectivity index (χ1v) is 14.7. The molecule has 3 aromatic rings. The van der Waals surface area contributed by atoms with Gasteiger partial charge >= 0.3 is 5.66 Å². The van der Waals surface area contributed by atoms with E-state index >= 15 is 0 Å². The number of carbonyl (C=O) groups excluding carboxylic acids is 1. The van der Waals surface area contributed by atoms with Gasteiger partial charge in [-0.1, -0.05) is 54.1 Å². The molecule has 3 aromatic carbocycles. The summed E-state index contributed by atoms with van der Waals surface area (Å²) in [7, 11) is -4.46. The van der Waals surface area contributed by atoms with Gasteiger partial charge in [0.1, 0.15) is 5.92 Å². The van der Waals surface area contributed by atoms with Crippen LogP contribution >= 0.6 is 11.8 Å². The molecule has 0 unspecified atom stereocenters. The average Bonchev–Trinajstić information content (AvgIpc) is 3.48. The summed E-state index contributed by atoms with van der Waals surface area (Å²) < 4.78 is 29.6. The molecule has 0 saturated carbocycles. The molecule has 11 heteroatoms. The van der Waals surface area contributed by atoms with Crippen LogP contribution in [0.5, 0.6) is 0 Å². The van der Waals surface area contributed by atoms with Crippen LogP contribution in [-0.2, 0) is 20.4 Å². The minimum atomic E-state index is -4.46. The van der Waals surface area contributed by atoms with Crippen molar-refractivity contribution in [1.29, 1.82) is 0 Å². The average molecular weight is 549 g/mol. The first-order chi connectivity index (χ1) is 18.2. The number of carbonyl (C=O) groups is 1. The second-order valence-corrected chi connectivity index (χ2v) is 12.1. The SMILES string of the molecule is CCN1C(=O)[C@@]2(N=C(SC)[C@]3([N+](=O)[O-])[C@H]2c2ccccc2N3S(=O)(=O)c2ccc(C)cc2)c2ccccc21. The topological polar surface area (TPSA) is 113 Å². The van der Waals surface area contributed by atoms with Gasteiger partial charge in [-0.2, -0.15) is 4.31 Å². The second kappa shape index (κ2) is 8.15. The highest BCUT2D eigenvalue weighted by Gasteiger charge is 2.81. The van der Waals surface area contributed by atoms with Crippen LogP contribution in [0.4, 0.5) is 11.4 Å². The molecule has 3 aliphatic rings. The lowest BCUT2D eigenvalue weighted by Gasteiger charge is -2.34. The van der Waals surface area contributed by atoms with E-state index in [2.05, 4.69) is 0 Å². The van der Waals surface area contributed by atoms with E-state index in [0.717, 1.165) is 21.6 Å². The molecule has 1 spiro atoms. The molecule has 3 aliphatic heterocycles. The minimum Gasteiger partial charge on any atom is -0.310 e. The highest BCUT2D eigenvalue weighted by atomic mass is 32.2. The van der Waals surface area contributed by atoms with Crippen molar-refractivity contribution >= 4 is 44.1 Å². The number of hydrogen-bond acceptors (Lipinski definition) is 7. The first-order valence-electron chi connectivity index (χ1n) is 12.1. The van der Waals surface area contributed by atoms with Crippen molar-refractivity contribution in [1.82, 2.24) is 0 Å². The second-order valence-electron chi connectivity index (χ2n) is 9.51. The van der Waals surface area contributed by atoms with Crippen molar-refractivity contribution in [2.75, 3.05) is 22.0 Å². The van der Waals surface area contributed by atoms with Gasteiger partial charge in [-0.05, 0) is 49.9 Å². The summed E-state index contributed by atoms with van der Waals surface area (Å²) in [6.07, 6.45) is 1.63. The Morgan fingerprint density at radius 2 is 1.66 bits per heavy atom. The molecular formula is C27H24N4O5S2. The standard InChI is InChI=1S/C27H24N4O5S2/c1-4-29-22-12-8-6-10-20(22)26(25(29)32)23-19-9-5-7-11-21(19)30(27(23,31(33)34)24(28-26)37-3)38(35,36)18-15-13-17(2)14-16-18/h5-16,23H,4H2,1-3H3/t23-,26+,27+/m0/s1. The summed E-state index contributed by atoms with van der Waals surface area (Å²) in [6, 6.07) is 19.9. The van der Waals surface area contributed by atoms with Gasteiger partial charge in [0.25, 0.3) is 15.9 Å². The zero-order chi connectivity index (χ0) is 27.0. The fourth-order valence-corrected chi connectivity index (χ4v) is 8.83. The summed E-state index contributed by atoms with van der Waals surface area (Å²) in [6.45, 7) is 4.00. The highest BCUT2D eigenvalue weighted by Crippen LogP contribution is 2.66. The molecule has 6 rings (SSSR count). The number of aliphatic imine (C=N–C) groups is 1. The van der Waals surface area contributed by atoms with Crippen molar-refractivity contribution in [3.8, 4) is 0 Å². The molecule has 0 saturated heterocycles. The van der Waals surface area contributed by atoms with Gasteiger partial charge in [0.05, 0.1) is 15.5 Å². The summed E-state index contributed by atoms with van der Waals surface area (Å²) in [5.74, 6) is -1.61. The zero-order valence-electron chi connectivity index (χ0n) is 20.9. The van der Waals surface area contributed by atoms with E-state index in [1.54, 1.807) is 71.8 Å². The number of rotatable bonds is 4. The zero-order valence-corrected chi connectivity index (χ0v) is 22.5. The molecule has 0 N–H and O–H groups in total. The van der Waals surface area contributed by atoms with E-state index in [0.29, 0.717) is 23.4 Å². The number of para-hydroxylation sites is 2. The molecule has 0 aromatic heterocycles. The fraction of sp³-hybridized carbons (Fsp3) is 0.259. The molecule has 9 nitrogen and oxygen atoms in total. The summed E-state index contributed by atoms with van der Waals surface area (Å²) >= 11 is 1.00. The predicted molar refractivity (Wildman–Crippen MR) is 147 cm³/mol. The van der Waals surface area contributed by atoms with Gasteiger partial charge in [0, 0.05) is 17.8 Å². The summed E-state index contributed by atoms with van der Waals surface area (Å²) in [4.78, 5) is 33.4. The Morgan fingerprint density at radius 1 is 1.03 bits per heavy atom. The fourth-order valence-electron chi connectivity index (χ4n) is 6.21. The third-order valence-corrected chi connectivity index (χ3v) is 10.3. The lowest BCUT2D eigenvalue weighted by atomic mass is 9.73. The minimum absolute atomic E-state index is 0.0273. The molecular weight excluding hydrogens is 524 g/mol. The smallest absolute Gasteiger partial charge is 0.310 e. The Bertz CT molecular complexity index is 1660. The number of sulfonamides is 1. The largest absolute Gasteiger partial charge is 0.367 e. The van der Waals surface area contributed by atoms with Crippen LogP contribution in [0.3, 0.4) is 0 Å². The summed E-state index contributed by atoms with van der Waals surface area (Å²) in [5, 5.41) is 13.3. The van der Waals surface area contributed by atoms with Gasteiger partial charge < -0.3 is 4.90 Å². The summed E-state index contributed by atoms with van der Waals surface area (Å²) in [5.41, 5.74) is -1.45. The van der Waals surface area contributed by atoms with E-state index in [-0.39, 0.29) is 15.6 Å². The monoisotopic (exact) mass is 548 g/mol. The van der Waals surface area contributed by atoms with Crippen molar-refractivity contribution in [2.45, 2.75) is 35.9 Å². The van der Waals surface area contributed by atoms with E-state index < -0.39 is 38.0 Å². The Labute approximate surface area is 224 Å². The number of thioether (sulfide) groups is 1. The maximum atomic E-state index is 14.3. The number of nitro groups is 1. The molecule has 0 aliphatic carbocycles. The van der Waals surface area contributed by atoms with Crippen LogP contribution in [0, 0.1) is 17.0 Å². The Kier molecular flexibility index (Phi) is 5.28. The number of likely N-dealkylation sites (N-methyl/N-ethyl adjacent to an activating group) is 1. The maximum Gasteiger partial charge on any atom is 0.367 e. The van der Waals surface area contributed by atoms with Crippen molar-refractivity contribution in [3.63, 3.8) is 0 Å². The van der Waals surface area contributed by atoms with Crippen LogP contribution in [-0.4, -0.2) is 42.8 Å². The third-order valence-electron chi connectivity index (χ3n) is 7.71. The number of hydrogen-bond donors (Lipinski definition) is 0. The lowest BCUT2D eigenvalue weighted by Crippen LogP contribution is -2.62. The van der Waals surface area contributed by atoms with Crippen molar-refractivity contribution < 1.29 is 18.1 Å². The molecule has 194 valence electrons. The number of amides is 1. The first kappa shape index (κ1) is 24.6. The van der Waals surface area contributed by atoms with Crippen LogP contribution < -0.4 is 9.21 Å². The van der Waals surface area contributed by atoms with E-state index in [1.807, 2.05) is 13.8 Å². The van der Waals surface area contributed by atoms with Crippen molar-refractivity contribution in [3.05, 3.63) is 99.6 Å². The molecule has 0 bridgehead atoms. The lowest BCUT2D eigenvalue weighted by molar-refractivity contribution is -0.545. The third kappa shape index (κ3) is 2.75. The molecule has 3 atom stereocenters. The molecule has 38 heavy (non-hydrogen) atoms. The van der Waals surface area contributed by atoms with E-state index in [4.69, 9.17) is 4.99 Å². The normalized spacial score (nSPS) is 25.4. The quantitative estimate of drug-likeness (QED) is 0.355. The Morgan fingerprint density at radius 3 is 2.29 bits per heavy atom. The van der Waals surface area contributed by atoms with E-state index in [9.17, 15) is 23.3 Å². The van der Waals surface area contributed by atoms with Crippen LogP contribution in [0.2, 0.25) is 0 Å². The number of nitrogens with zero attached hydrogens (tertiary/aromatic N) is 4. The molecule has 3 heterocycles. The molecule has 0 fully saturated rings. The highest BCUT2D eigenvalue weighted by molar-refractivity contribution is 8.13. The predicted octanol–water partition coefficient (Wildman–Crippen LogP) is 4.30. The van der Waals surface area contributed by atoms with Crippen LogP contribution in [0.15, 0.2) is 82.7 Å². The van der Waals surface area contributed by atoms with Crippen LogP contribution in [0.25, 0.3) is 0 Å². The number of aryl methyl sites for hydroxylation is 1. The number of anilines is 2. The van der Waals surface area contributed by atoms with E-state index in [1.165, 1.54) is 12.1 Å². The maximum absolute atomic E-state index is 14.3. The Balaban J connectivity index is 1.72. The van der Waals surface area contributed by atoms with Gasteiger partial charge in [-0.3, -0.25) is 19.9 Å². The molecule has 1 amide bonds. The van der Waals surface area contributed by atoms with Gasteiger partial charge in [0.2, 0.25) is 0 Å². The van der Waals surface area contributed by atoms with Crippen molar-refractivity contribution in [2.24, 2.45) is 4.99 Å². The Hall–Kier alpha value is -3.70. The number of fused-ring (bicyclic) bond motifs is 6. The van der Waals surface area contributed by atoms with Gasteiger partial charge in [-0.25, -0.2) is 8.42 Å².